The highest BCUT2D eigenvalue weighted by atomic mass is 32.2. The van der Waals surface area contributed by atoms with Crippen LogP contribution in [-0.2, 0) is 33.7 Å². The number of amides is 1. The lowest BCUT2D eigenvalue weighted by Gasteiger charge is -2.24. The number of esters is 1. The Balaban J connectivity index is 1.58. The molecule has 1 aliphatic rings. The van der Waals surface area contributed by atoms with Gasteiger partial charge in [-0.05, 0) is 35.0 Å². The molecule has 2 heterocycles. The van der Waals surface area contributed by atoms with E-state index < -0.39 is 28.9 Å². The number of rotatable bonds is 7. The van der Waals surface area contributed by atoms with Crippen molar-refractivity contribution in [3.8, 4) is 0 Å². The molecule has 0 aliphatic carbocycles. The van der Waals surface area contributed by atoms with Crippen LogP contribution in [0.1, 0.15) is 37.6 Å². The van der Waals surface area contributed by atoms with Gasteiger partial charge < -0.3 is 10.1 Å². The number of halogens is 3. The van der Waals surface area contributed by atoms with E-state index in [-0.39, 0.29) is 18.7 Å². The molecule has 1 N–H and O–H groups in total. The smallest absolute Gasteiger partial charge is 0.416 e. The monoisotopic (exact) mass is 429 g/mol. The van der Waals surface area contributed by atoms with Crippen molar-refractivity contribution < 1.29 is 27.5 Å². The fourth-order valence-electron chi connectivity index (χ4n) is 2.62. The minimum Gasteiger partial charge on any atom is -0.457 e. The SMILES string of the molecule is CCCCn1nnnc1COC(=O)C[C@H]1Sc2ccc(C(F)(F)F)cc2NC1=O. The number of unbranched alkanes of at least 4 members (excludes halogenated alkanes) is 1. The van der Waals surface area contributed by atoms with Gasteiger partial charge >= 0.3 is 12.1 Å². The van der Waals surface area contributed by atoms with Gasteiger partial charge in [0.25, 0.3) is 0 Å². The van der Waals surface area contributed by atoms with Crippen LogP contribution in [0.25, 0.3) is 0 Å². The molecular formula is C17H18F3N5O3S. The third-order valence-electron chi connectivity index (χ3n) is 4.17. The van der Waals surface area contributed by atoms with Crippen molar-refractivity contribution in [3.05, 3.63) is 29.6 Å². The van der Waals surface area contributed by atoms with Gasteiger partial charge in [-0.1, -0.05) is 13.3 Å². The number of tetrazole rings is 1. The van der Waals surface area contributed by atoms with E-state index in [4.69, 9.17) is 4.74 Å². The molecule has 0 saturated heterocycles. The molecule has 1 aromatic carbocycles. The molecule has 1 amide bonds. The van der Waals surface area contributed by atoms with Crippen molar-refractivity contribution in [2.45, 2.75) is 55.7 Å². The fourth-order valence-corrected chi connectivity index (χ4v) is 3.70. The predicted molar refractivity (Wildman–Crippen MR) is 96.9 cm³/mol. The zero-order chi connectivity index (χ0) is 21.0. The molecule has 1 aromatic heterocycles. The van der Waals surface area contributed by atoms with Crippen LogP contribution in [-0.4, -0.2) is 37.3 Å². The number of ether oxygens (including phenoxy) is 1. The van der Waals surface area contributed by atoms with Gasteiger partial charge in [-0.2, -0.15) is 13.2 Å². The van der Waals surface area contributed by atoms with Gasteiger partial charge in [-0.3, -0.25) is 9.59 Å². The molecule has 1 aliphatic heterocycles. The number of hydrogen-bond acceptors (Lipinski definition) is 7. The highest BCUT2D eigenvalue weighted by Gasteiger charge is 2.34. The number of alkyl halides is 3. The number of aryl methyl sites for hydroxylation is 1. The topological polar surface area (TPSA) is 99.0 Å². The lowest BCUT2D eigenvalue weighted by molar-refractivity contribution is -0.146. The molecule has 8 nitrogen and oxygen atoms in total. The number of anilines is 1. The largest absolute Gasteiger partial charge is 0.457 e. The maximum absolute atomic E-state index is 12.8. The van der Waals surface area contributed by atoms with Gasteiger partial charge in [0.1, 0.15) is 0 Å². The van der Waals surface area contributed by atoms with Crippen LogP contribution >= 0.6 is 11.8 Å². The number of aromatic nitrogens is 4. The second-order valence-electron chi connectivity index (χ2n) is 6.34. The van der Waals surface area contributed by atoms with Crippen LogP contribution in [0.2, 0.25) is 0 Å². The number of nitrogens with zero attached hydrogens (tertiary/aromatic N) is 4. The Morgan fingerprint density at radius 2 is 2.17 bits per heavy atom. The average molecular weight is 429 g/mol. The Morgan fingerprint density at radius 3 is 2.90 bits per heavy atom. The van der Waals surface area contributed by atoms with E-state index in [2.05, 4.69) is 20.8 Å². The van der Waals surface area contributed by atoms with E-state index in [1.807, 2.05) is 6.92 Å². The summed E-state index contributed by atoms with van der Waals surface area (Å²) in [7, 11) is 0. The Morgan fingerprint density at radius 1 is 1.38 bits per heavy atom. The highest BCUT2D eigenvalue weighted by Crippen LogP contribution is 2.40. The Labute approximate surface area is 168 Å². The van der Waals surface area contributed by atoms with Gasteiger partial charge in [-0.15, -0.1) is 16.9 Å². The first-order valence-electron chi connectivity index (χ1n) is 8.87. The number of carbonyl (C=O) groups is 2. The molecule has 0 spiro atoms. The third-order valence-corrected chi connectivity index (χ3v) is 5.45. The summed E-state index contributed by atoms with van der Waals surface area (Å²) in [5, 5.41) is 12.8. The first-order valence-corrected chi connectivity index (χ1v) is 9.75. The second-order valence-corrected chi connectivity index (χ2v) is 7.59. The summed E-state index contributed by atoms with van der Waals surface area (Å²) in [4.78, 5) is 24.8. The molecule has 1 atom stereocenters. The van der Waals surface area contributed by atoms with Crippen LogP contribution in [0.4, 0.5) is 18.9 Å². The molecular weight excluding hydrogens is 411 g/mol. The highest BCUT2D eigenvalue weighted by molar-refractivity contribution is 8.01. The van der Waals surface area contributed by atoms with Gasteiger partial charge in [0, 0.05) is 11.4 Å². The lowest BCUT2D eigenvalue weighted by atomic mass is 10.1. The Bertz CT molecular complexity index is 903. The zero-order valence-electron chi connectivity index (χ0n) is 15.4. The minimum atomic E-state index is -4.50. The van der Waals surface area contributed by atoms with Gasteiger partial charge in [0.2, 0.25) is 5.91 Å². The predicted octanol–water partition coefficient (Wildman–Crippen LogP) is 3.04. The van der Waals surface area contributed by atoms with E-state index in [1.54, 1.807) is 4.68 Å². The van der Waals surface area contributed by atoms with Gasteiger partial charge in [0.05, 0.1) is 22.9 Å². The number of thioether (sulfide) groups is 1. The van der Waals surface area contributed by atoms with Crippen molar-refractivity contribution in [1.82, 2.24) is 20.2 Å². The standard InChI is InChI=1S/C17H18F3N5O3S/c1-2-3-6-25-14(22-23-24-25)9-28-15(26)8-13-16(27)21-11-7-10(17(18,19)20)4-5-12(11)29-13/h4-5,7,13H,2-3,6,8-9H2,1H3,(H,21,27)/t13-/m1/s1. The number of carbonyl (C=O) groups excluding carboxylic acids is 2. The Kier molecular flexibility index (Phi) is 6.40. The lowest BCUT2D eigenvalue weighted by Crippen LogP contribution is -2.31. The van der Waals surface area contributed by atoms with E-state index in [0.717, 1.165) is 36.7 Å². The molecule has 0 saturated carbocycles. The van der Waals surface area contributed by atoms with Crippen LogP contribution in [0.15, 0.2) is 23.1 Å². The summed E-state index contributed by atoms with van der Waals surface area (Å²) in [6.45, 7) is 2.51. The summed E-state index contributed by atoms with van der Waals surface area (Å²) in [6.07, 6.45) is -2.90. The molecule has 0 fully saturated rings. The molecule has 156 valence electrons. The second kappa shape index (κ2) is 8.80. The molecule has 12 heteroatoms. The van der Waals surface area contributed by atoms with Crippen molar-refractivity contribution in [3.63, 3.8) is 0 Å². The number of benzene rings is 1. The van der Waals surface area contributed by atoms with E-state index in [9.17, 15) is 22.8 Å². The van der Waals surface area contributed by atoms with Crippen molar-refractivity contribution in [2.75, 3.05) is 5.32 Å². The van der Waals surface area contributed by atoms with Gasteiger partial charge in [-0.25, -0.2) is 4.68 Å². The quantitative estimate of drug-likeness (QED) is 0.676. The molecule has 2 aromatic rings. The van der Waals surface area contributed by atoms with Crippen LogP contribution in [0, 0.1) is 0 Å². The maximum Gasteiger partial charge on any atom is 0.416 e. The van der Waals surface area contributed by atoms with Gasteiger partial charge in [0.15, 0.2) is 12.4 Å². The first kappa shape index (κ1) is 21.1. The summed E-state index contributed by atoms with van der Waals surface area (Å²) >= 11 is 1.02. The van der Waals surface area contributed by atoms with Crippen LogP contribution in [0.3, 0.4) is 0 Å². The Hall–Kier alpha value is -2.63. The zero-order valence-corrected chi connectivity index (χ0v) is 16.2. The van der Waals surface area contributed by atoms with Crippen molar-refractivity contribution in [1.29, 1.82) is 0 Å². The number of nitrogens with one attached hydrogen (secondary N) is 1. The molecule has 3 rings (SSSR count). The summed E-state index contributed by atoms with van der Waals surface area (Å²) in [5.41, 5.74) is -0.773. The number of fused-ring (bicyclic) bond motifs is 1. The van der Waals surface area contributed by atoms with Crippen LogP contribution in [0.5, 0.6) is 0 Å². The third kappa shape index (κ3) is 5.25. The molecule has 29 heavy (non-hydrogen) atoms. The fraction of sp³-hybridized carbons (Fsp3) is 0.471. The number of hydrogen-bond donors (Lipinski definition) is 1. The normalized spacial score (nSPS) is 16.3. The molecule has 0 bridgehead atoms. The summed E-state index contributed by atoms with van der Waals surface area (Å²) in [5.74, 6) is -0.776. The van der Waals surface area contributed by atoms with E-state index in [1.165, 1.54) is 6.07 Å². The van der Waals surface area contributed by atoms with E-state index >= 15 is 0 Å². The average Bonchev–Trinajstić information content (AvgIpc) is 3.11. The molecule has 0 radical (unpaired) electrons. The molecule has 0 unspecified atom stereocenters. The first-order chi connectivity index (χ1) is 13.8. The van der Waals surface area contributed by atoms with Crippen LogP contribution < -0.4 is 5.32 Å². The van der Waals surface area contributed by atoms with Crippen molar-refractivity contribution >= 4 is 29.3 Å². The summed E-state index contributed by atoms with van der Waals surface area (Å²) < 4.78 is 45.1. The van der Waals surface area contributed by atoms with Crippen molar-refractivity contribution in [2.24, 2.45) is 0 Å². The maximum atomic E-state index is 12.8. The minimum absolute atomic E-state index is 0.0783. The van der Waals surface area contributed by atoms with E-state index in [0.29, 0.717) is 17.3 Å². The summed E-state index contributed by atoms with van der Waals surface area (Å²) in [6, 6.07) is 3.10.